The molecule has 0 aliphatic heterocycles. The Morgan fingerprint density at radius 1 is 1.15 bits per heavy atom. The van der Waals surface area contributed by atoms with E-state index in [0.717, 1.165) is 20.2 Å². The summed E-state index contributed by atoms with van der Waals surface area (Å²) in [6.45, 7) is 0.462. The van der Waals surface area contributed by atoms with Gasteiger partial charge < -0.3 is 11.5 Å². The Bertz CT molecular complexity index is 281. The minimum Gasteiger partial charge on any atom is -0.398 e. The average molecular weight is 353 g/mol. The highest BCUT2D eigenvalue weighted by atomic mass is 79.9. The van der Waals surface area contributed by atoms with Gasteiger partial charge in [0.05, 0.1) is 5.69 Å². The van der Waals surface area contributed by atoms with E-state index in [9.17, 15) is 0 Å². The molecule has 0 fully saturated rings. The summed E-state index contributed by atoms with van der Waals surface area (Å²) < 4.78 is 1.87. The number of nitrogen functional groups attached to an aromatic ring is 1. The van der Waals surface area contributed by atoms with Crippen LogP contribution in [0, 0.1) is 0 Å². The topological polar surface area (TPSA) is 52.0 Å². The van der Waals surface area contributed by atoms with E-state index in [-0.39, 0.29) is 24.8 Å². The number of anilines is 1. The maximum atomic E-state index is 5.71. The van der Waals surface area contributed by atoms with Crippen molar-refractivity contribution in [1.82, 2.24) is 0 Å². The van der Waals surface area contributed by atoms with Gasteiger partial charge in [-0.1, -0.05) is 15.9 Å². The molecule has 2 nitrogen and oxygen atoms in total. The lowest BCUT2D eigenvalue weighted by molar-refractivity contribution is 1.07. The van der Waals surface area contributed by atoms with Gasteiger partial charge in [-0.05, 0) is 33.6 Å². The Morgan fingerprint density at radius 2 is 1.69 bits per heavy atom. The van der Waals surface area contributed by atoms with Crippen LogP contribution in [0.2, 0.25) is 0 Å². The van der Waals surface area contributed by atoms with Crippen LogP contribution in [-0.2, 0) is 6.54 Å². The Morgan fingerprint density at radius 3 is 2.15 bits per heavy atom. The molecule has 0 amide bonds. The first kappa shape index (κ1) is 16.0. The van der Waals surface area contributed by atoms with E-state index in [1.54, 1.807) is 0 Å². The number of halogens is 4. The van der Waals surface area contributed by atoms with Crippen LogP contribution in [0.3, 0.4) is 0 Å². The highest BCUT2D eigenvalue weighted by Gasteiger charge is 2.02. The van der Waals surface area contributed by atoms with Crippen LogP contribution in [-0.4, -0.2) is 0 Å². The molecule has 0 radical (unpaired) electrons. The van der Waals surface area contributed by atoms with Crippen LogP contribution >= 0.6 is 56.7 Å². The van der Waals surface area contributed by atoms with Gasteiger partial charge in [-0.2, -0.15) is 0 Å². The summed E-state index contributed by atoms with van der Waals surface area (Å²) in [6.07, 6.45) is 0. The third-order valence-corrected chi connectivity index (χ3v) is 2.51. The smallest absolute Gasteiger partial charge is 0.0504 e. The summed E-state index contributed by atoms with van der Waals surface area (Å²) in [5.41, 5.74) is 12.8. The molecule has 0 unspecified atom stereocenters. The van der Waals surface area contributed by atoms with Crippen molar-refractivity contribution in [1.29, 1.82) is 0 Å². The van der Waals surface area contributed by atoms with Gasteiger partial charge >= 0.3 is 0 Å². The molecule has 13 heavy (non-hydrogen) atoms. The van der Waals surface area contributed by atoms with E-state index in [1.165, 1.54) is 0 Å². The van der Waals surface area contributed by atoms with Crippen molar-refractivity contribution in [3.63, 3.8) is 0 Å². The molecule has 1 aromatic carbocycles. The van der Waals surface area contributed by atoms with Gasteiger partial charge in [-0.25, -0.2) is 0 Å². The first-order valence-electron chi connectivity index (χ1n) is 3.08. The average Bonchev–Trinajstić information content (AvgIpc) is 1.96. The van der Waals surface area contributed by atoms with Crippen molar-refractivity contribution in [2.75, 3.05) is 5.73 Å². The molecule has 1 rings (SSSR count). The predicted molar refractivity (Wildman–Crippen MR) is 68.6 cm³/mol. The van der Waals surface area contributed by atoms with Crippen molar-refractivity contribution in [3.8, 4) is 0 Å². The Kier molecular flexibility index (Phi) is 8.47. The molecule has 4 N–H and O–H groups in total. The summed E-state index contributed by atoms with van der Waals surface area (Å²) in [5, 5.41) is 0. The lowest BCUT2D eigenvalue weighted by atomic mass is 10.2. The molecule has 0 spiro atoms. The highest BCUT2D eigenvalue weighted by molar-refractivity contribution is 9.11. The highest BCUT2D eigenvalue weighted by Crippen LogP contribution is 2.27. The number of rotatable bonds is 1. The molecule has 0 aliphatic carbocycles. The second-order valence-electron chi connectivity index (χ2n) is 2.16. The van der Waals surface area contributed by atoms with Crippen LogP contribution in [0.15, 0.2) is 21.1 Å². The lowest BCUT2D eigenvalue weighted by Crippen LogP contribution is -2.01. The van der Waals surface area contributed by atoms with Gasteiger partial charge in [0.1, 0.15) is 0 Å². The van der Waals surface area contributed by atoms with Crippen LogP contribution in [0.1, 0.15) is 5.56 Å². The summed E-state index contributed by atoms with van der Waals surface area (Å²) in [5.74, 6) is 0. The molecule has 0 aromatic heterocycles. The minimum atomic E-state index is 0. The number of hydrogen-bond donors (Lipinski definition) is 2. The molecule has 76 valence electrons. The third-order valence-electron chi connectivity index (χ3n) is 1.40. The molecule has 6 heteroatoms. The molecule has 0 saturated carbocycles. The van der Waals surface area contributed by atoms with Gasteiger partial charge in [0.25, 0.3) is 0 Å². The van der Waals surface area contributed by atoms with Crippen molar-refractivity contribution in [2.45, 2.75) is 6.54 Å². The van der Waals surface area contributed by atoms with Crippen molar-refractivity contribution >= 4 is 62.4 Å². The zero-order valence-corrected chi connectivity index (χ0v) is 11.4. The number of hydrogen-bond acceptors (Lipinski definition) is 2. The van der Waals surface area contributed by atoms with E-state index in [0.29, 0.717) is 6.54 Å². The van der Waals surface area contributed by atoms with Crippen molar-refractivity contribution in [2.24, 2.45) is 5.73 Å². The van der Waals surface area contributed by atoms with E-state index >= 15 is 0 Å². The molecule has 0 heterocycles. The van der Waals surface area contributed by atoms with Crippen LogP contribution in [0.5, 0.6) is 0 Å². The number of benzene rings is 1. The Balaban J connectivity index is 0. The summed E-state index contributed by atoms with van der Waals surface area (Å²) in [4.78, 5) is 0. The first-order valence-corrected chi connectivity index (χ1v) is 4.67. The SMILES string of the molecule is Cl.Cl.NCc1cc(Br)cc(Br)c1N. The molecular formula is C7H10Br2Cl2N2. The van der Waals surface area contributed by atoms with E-state index in [2.05, 4.69) is 31.9 Å². The quantitative estimate of drug-likeness (QED) is 0.763. The summed E-state index contributed by atoms with van der Waals surface area (Å²) in [6, 6.07) is 3.81. The van der Waals surface area contributed by atoms with Crippen molar-refractivity contribution < 1.29 is 0 Å². The largest absolute Gasteiger partial charge is 0.398 e. The van der Waals surface area contributed by atoms with Gasteiger partial charge in [-0.3, -0.25) is 0 Å². The number of nitrogens with two attached hydrogens (primary N) is 2. The van der Waals surface area contributed by atoms with Gasteiger partial charge in [0.15, 0.2) is 0 Å². The lowest BCUT2D eigenvalue weighted by Gasteiger charge is -2.05. The van der Waals surface area contributed by atoms with Gasteiger partial charge in [0, 0.05) is 15.5 Å². The molecule has 0 aliphatic rings. The van der Waals surface area contributed by atoms with Crippen LogP contribution < -0.4 is 11.5 Å². The van der Waals surface area contributed by atoms with E-state index in [1.807, 2.05) is 12.1 Å². The molecular weight excluding hydrogens is 343 g/mol. The minimum absolute atomic E-state index is 0. The third kappa shape index (κ3) is 4.04. The maximum Gasteiger partial charge on any atom is 0.0504 e. The second kappa shape index (κ2) is 6.90. The Hall–Kier alpha value is 0.520. The summed E-state index contributed by atoms with van der Waals surface area (Å²) in [7, 11) is 0. The van der Waals surface area contributed by atoms with E-state index in [4.69, 9.17) is 11.5 Å². The van der Waals surface area contributed by atoms with Crippen LogP contribution in [0.4, 0.5) is 5.69 Å². The predicted octanol–water partition coefficient (Wildman–Crippen LogP) is 3.10. The fourth-order valence-corrected chi connectivity index (χ4v) is 2.12. The zero-order valence-electron chi connectivity index (χ0n) is 6.59. The molecule has 0 atom stereocenters. The van der Waals surface area contributed by atoms with Crippen molar-refractivity contribution in [3.05, 3.63) is 26.6 Å². The van der Waals surface area contributed by atoms with Gasteiger partial charge in [0.2, 0.25) is 0 Å². The zero-order chi connectivity index (χ0) is 8.43. The normalized spacial score (nSPS) is 8.54. The summed E-state index contributed by atoms with van der Waals surface area (Å²) >= 11 is 6.67. The van der Waals surface area contributed by atoms with Gasteiger partial charge in [-0.15, -0.1) is 24.8 Å². The maximum absolute atomic E-state index is 5.71. The van der Waals surface area contributed by atoms with E-state index < -0.39 is 0 Å². The molecule has 0 saturated heterocycles. The monoisotopic (exact) mass is 350 g/mol. The van der Waals surface area contributed by atoms with Crippen LogP contribution in [0.25, 0.3) is 0 Å². The Labute approximate surface area is 107 Å². The first-order chi connectivity index (χ1) is 5.15. The fourth-order valence-electron chi connectivity index (χ4n) is 0.807. The fraction of sp³-hybridized carbons (Fsp3) is 0.143. The molecule has 1 aromatic rings. The second-order valence-corrected chi connectivity index (χ2v) is 3.93. The standard InChI is InChI=1S/C7H8Br2N2.2ClH/c8-5-1-4(3-10)7(11)6(9)2-5;;/h1-2H,3,10-11H2;2*1H. The molecule has 0 bridgehead atoms.